The minimum absolute atomic E-state index is 0.00846. The molecule has 1 heterocycles. The summed E-state index contributed by atoms with van der Waals surface area (Å²) in [4.78, 5) is 22.1. The first-order valence-electron chi connectivity index (χ1n) is 6.58. The van der Waals surface area contributed by atoms with E-state index in [9.17, 15) is 32.5 Å². The van der Waals surface area contributed by atoms with Crippen LogP contribution in [0.3, 0.4) is 0 Å². The molecule has 134 valence electrons. The van der Waals surface area contributed by atoms with Gasteiger partial charge in [-0.1, -0.05) is 0 Å². The molecule has 1 aromatic heterocycles. The summed E-state index contributed by atoms with van der Waals surface area (Å²) in [5, 5.41) is 16.2. The minimum Gasteiger partial charge on any atom is -0.475 e. The highest BCUT2D eigenvalue weighted by molar-refractivity contribution is 5.93. The lowest BCUT2D eigenvalue weighted by Gasteiger charge is -2.13. The molecule has 2 rings (SSSR count). The van der Waals surface area contributed by atoms with Crippen molar-refractivity contribution in [1.82, 2.24) is 9.78 Å². The third kappa shape index (κ3) is 3.36. The number of rotatable bonds is 5. The van der Waals surface area contributed by atoms with Crippen LogP contribution in [0.5, 0.6) is 5.88 Å². The van der Waals surface area contributed by atoms with E-state index in [1.165, 1.54) is 6.92 Å². The first-order chi connectivity index (χ1) is 11.7. The Morgan fingerprint density at radius 2 is 1.88 bits per heavy atom. The molecule has 8 nitrogen and oxygen atoms in total. The van der Waals surface area contributed by atoms with Gasteiger partial charge in [-0.05, 0) is 6.92 Å². The van der Waals surface area contributed by atoms with Gasteiger partial charge in [-0.15, -0.1) is 5.10 Å². The SMILES string of the molecule is COc1nn(C(C)C(=O)Nc2c(F)c(F)cc(F)c2F)cc1[N+](=O)[O-]. The van der Waals surface area contributed by atoms with Gasteiger partial charge in [0.2, 0.25) is 5.91 Å². The molecule has 25 heavy (non-hydrogen) atoms. The average molecular weight is 362 g/mol. The minimum atomic E-state index is -1.79. The second-order valence-electron chi connectivity index (χ2n) is 4.77. The van der Waals surface area contributed by atoms with Crippen molar-refractivity contribution in [1.29, 1.82) is 0 Å². The number of ether oxygens (including phenoxy) is 1. The predicted molar refractivity (Wildman–Crippen MR) is 75.0 cm³/mol. The number of anilines is 1. The monoisotopic (exact) mass is 362 g/mol. The molecule has 0 aliphatic rings. The highest BCUT2D eigenvalue weighted by Crippen LogP contribution is 2.28. The summed E-state index contributed by atoms with van der Waals surface area (Å²) in [5.74, 6) is -8.48. The molecule has 12 heteroatoms. The third-order valence-corrected chi connectivity index (χ3v) is 3.21. The molecule has 1 N–H and O–H groups in total. The molecule has 0 saturated carbocycles. The maximum atomic E-state index is 13.6. The van der Waals surface area contributed by atoms with Crippen molar-refractivity contribution in [3.05, 3.63) is 45.6 Å². The zero-order chi connectivity index (χ0) is 18.9. The molecular formula is C13H10F4N4O4. The van der Waals surface area contributed by atoms with Crippen molar-refractivity contribution >= 4 is 17.3 Å². The van der Waals surface area contributed by atoms with E-state index in [0.29, 0.717) is 0 Å². The smallest absolute Gasteiger partial charge is 0.350 e. The summed E-state index contributed by atoms with van der Waals surface area (Å²) in [5.41, 5.74) is -1.86. The number of amides is 1. The molecule has 0 aliphatic carbocycles. The van der Waals surface area contributed by atoms with Crippen LogP contribution < -0.4 is 10.1 Å². The van der Waals surface area contributed by atoms with Gasteiger partial charge in [0.15, 0.2) is 23.3 Å². The highest BCUT2D eigenvalue weighted by atomic mass is 19.2. The normalized spacial score (nSPS) is 11.9. The van der Waals surface area contributed by atoms with Crippen molar-refractivity contribution < 1.29 is 32.0 Å². The number of carbonyl (C=O) groups excluding carboxylic acids is 1. The molecule has 0 bridgehead atoms. The van der Waals surface area contributed by atoms with E-state index in [-0.39, 0.29) is 11.9 Å². The van der Waals surface area contributed by atoms with Crippen LogP contribution in [0.15, 0.2) is 12.3 Å². The van der Waals surface area contributed by atoms with Crippen molar-refractivity contribution in [3.63, 3.8) is 0 Å². The first kappa shape index (κ1) is 18.2. The number of nitrogens with one attached hydrogen (secondary N) is 1. The lowest BCUT2D eigenvalue weighted by Crippen LogP contribution is -2.25. The lowest BCUT2D eigenvalue weighted by molar-refractivity contribution is -0.385. The Hall–Kier alpha value is -3.18. The Labute approximate surface area is 137 Å². The molecule has 0 saturated heterocycles. The average Bonchev–Trinajstić information content (AvgIpc) is 3.00. The zero-order valence-electron chi connectivity index (χ0n) is 12.7. The van der Waals surface area contributed by atoms with Gasteiger partial charge < -0.3 is 10.1 Å². The van der Waals surface area contributed by atoms with Gasteiger partial charge in [0.05, 0.1) is 12.0 Å². The summed E-state index contributed by atoms with van der Waals surface area (Å²) < 4.78 is 58.9. The Balaban J connectivity index is 2.32. The van der Waals surface area contributed by atoms with Gasteiger partial charge in [-0.3, -0.25) is 14.9 Å². The third-order valence-electron chi connectivity index (χ3n) is 3.21. The fourth-order valence-corrected chi connectivity index (χ4v) is 1.87. The van der Waals surface area contributed by atoms with E-state index in [4.69, 9.17) is 0 Å². The van der Waals surface area contributed by atoms with E-state index in [2.05, 4.69) is 9.84 Å². The van der Waals surface area contributed by atoms with Crippen LogP contribution in [-0.2, 0) is 4.79 Å². The second-order valence-corrected chi connectivity index (χ2v) is 4.77. The number of hydrogen-bond acceptors (Lipinski definition) is 5. The Morgan fingerprint density at radius 3 is 2.32 bits per heavy atom. The molecule has 2 aromatic rings. The van der Waals surface area contributed by atoms with Crippen LogP contribution in [0.2, 0.25) is 0 Å². The van der Waals surface area contributed by atoms with E-state index in [0.717, 1.165) is 18.0 Å². The molecule has 0 aliphatic heterocycles. The van der Waals surface area contributed by atoms with Gasteiger partial charge in [0, 0.05) is 6.07 Å². The van der Waals surface area contributed by atoms with E-state index in [1.807, 2.05) is 0 Å². The molecule has 1 unspecified atom stereocenters. The quantitative estimate of drug-likeness (QED) is 0.381. The topological polar surface area (TPSA) is 99.3 Å². The van der Waals surface area contributed by atoms with Crippen LogP contribution in [0.25, 0.3) is 0 Å². The summed E-state index contributed by atoms with van der Waals surface area (Å²) in [7, 11) is 1.12. The fraction of sp³-hybridized carbons (Fsp3) is 0.231. The van der Waals surface area contributed by atoms with E-state index < -0.39 is 51.5 Å². The van der Waals surface area contributed by atoms with E-state index >= 15 is 0 Å². The predicted octanol–water partition coefficient (Wildman–Crippen LogP) is 2.56. The van der Waals surface area contributed by atoms with Crippen LogP contribution in [0.4, 0.5) is 28.9 Å². The molecule has 0 spiro atoms. The van der Waals surface area contributed by atoms with E-state index in [1.54, 1.807) is 5.32 Å². The van der Waals surface area contributed by atoms with Gasteiger partial charge >= 0.3 is 11.6 Å². The van der Waals surface area contributed by atoms with Crippen molar-refractivity contribution in [2.75, 3.05) is 12.4 Å². The summed E-state index contributed by atoms with van der Waals surface area (Å²) in [6.07, 6.45) is 0.863. The molecule has 0 fully saturated rings. The molecule has 0 radical (unpaired) electrons. The van der Waals surface area contributed by atoms with Crippen LogP contribution in [-0.4, -0.2) is 27.7 Å². The van der Waals surface area contributed by atoms with Crippen molar-refractivity contribution in [3.8, 4) is 5.88 Å². The molecule has 1 amide bonds. The highest BCUT2D eigenvalue weighted by Gasteiger charge is 2.27. The molecule has 1 atom stereocenters. The van der Waals surface area contributed by atoms with Crippen LogP contribution in [0.1, 0.15) is 13.0 Å². The number of methoxy groups -OCH3 is 1. The number of aromatic nitrogens is 2. The van der Waals surface area contributed by atoms with Crippen LogP contribution >= 0.6 is 0 Å². The van der Waals surface area contributed by atoms with Gasteiger partial charge in [-0.25, -0.2) is 22.2 Å². The summed E-state index contributed by atoms with van der Waals surface area (Å²) in [6.45, 7) is 1.19. The Bertz CT molecular complexity index is 829. The summed E-state index contributed by atoms with van der Waals surface area (Å²) >= 11 is 0. The molecule has 1 aromatic carbocycles. The summed E-state index contributed by atoms with van der Waals surface area (Å²) in [6, 6.07) is -1.32. The first-order valence-corrected chi connectivity index (χ1v) is 6.58. The number of carbonyl (C=O) groups is 1. The number of benzene rings is 1. The lowest BCUT2D eigenvalue weighted by atomic mass is 10.2. The maximum Gasteiger partial charge on any atom is 0.350 e. The largest absolute Gasteiger partial charge is 0.475 e. The van der Waals surface area contributed by atoms with Crippen molar-refractivity contribution in [2.45, 2.75) is 13.0 Å². The number of halogens is 4. The van der Waals surface area contributed by atoms with Crippen LogP contribution in [0, 0.1) is 33.4 Å². The van der Waals surface area contributed by atoms with Gasteiger partial charge in [0.1, 0.15) is 17.9 Å². The number of nitrogens with zero attached hydrogens (tertiary/aromatic N) is 3. The maximum absolute atomic E-state index is 13.6. The second kappa shape index (κ2) is 6.75. The molecular weight excluding hydrogens is 352 g/mol. The Morgan fingerprint density at radius 1 is 1.32 bits per heavy atom. The number of nitro groups is 1. The fourth-order valence-electron chi connectivity index (χ4n) is 1.87. The standard InChI is InChI=1S/C13H10F4N4O4/c1-5(20-4-8(21(23)24)13(19-20)25-2)12(22)18-11-9(16)6(14)3-7(15)10(11)17/h3-5H,1-2H3,(H,18,22). The van der Waals surface area contributed by atoms with Gasteiger partial charge in [-0.2, -0.15) is 0 Å². The van der Waals surface area contributed by atoms with Gasteiger partial charge in [0.25, 0.3) is 0 Å². The Kier molecular flexibility index (Phi) is 4.90. The van der Waals surface area contributed by atoms with Crippen molar-refractivity contribution in [2.24, 2.45) is 0 Å². The number of hydrogen-bond donors (Lipinski definition) is 1. The zero-order valence-corrected chi connectivity index (χ0v) is 12.7.